The molecular formula is C23H28N4O3S. The second-order valence-corrected chi connectivity index (χ2v) is 11.0. The van der Waals surface area contributed by atoms with Crippen LogP contribution in [0, 0.1) is 17.2 Å². The zero-order valence-corrected chi connectivity index (χ0v) is 18.5. The Kier molecular flexibility index (Phi) is 6.05. The summed E-state index contributed by atoms with van der Waals surface area (Å²) >= 11 is 0. The first-order valence-corrected chi connectivity index (χ1v) is 12.7. The van der Waals surface area contributed by atoms with Crippen LogP contribution < -0.4 is 10.2 Å². The quantitative estimate of drug-likeness (QED) is 0.755. The van der Waals surface area contributed by atoms with Gasteiger partial charge in [0.1, 0.15) is 21.6 Å². The predicted octanol–water partition coefficient (Wildman–Crippen LogP) is 3.67. The molecule has 0 unspecified atom stereocenters. The first-order valence-electron chi connectivity index (χ1n) is 10.8. The number of amides is 1. The molecule has 164 valence electrons. The number of hydrogen-bond donors (Lipinski definition) is 2. The molecule has 4 rings (SSSR count). The molecule has 8 heteroatoms. The monoisotopic (exact) mass is 440 g/mol. The van der Waals surface area contributed by atoms with E-state index >= 15 is 0 Å². The van der Waals surface area contributed by atoms with E-state index in [4.69, 9.17) is 5.26 Å². The van der Waals surface area contributed by atoms with Gasteiger partial charge in [0, 0.05) is 19.3 Å². The minimum Gasteiger partial charge on any atom is -0.370 e. The fraction of sp³-hybridized carbons (Fsp3) is 0.478. The number of anilines is 2. The first-order chi connectivity index (χ1) is 14.8. The summed E-state index contributed by atoms with van der Waals surface area (Å²) in [6.07, 6.45) is 5.00. The number of rotatable bonds is 4. The molecule has 0 atom stereocenters. The summed E-state index contributed by atoms with van der Waals surface area (Å²) in [5.41, 5.74) is 3.61. The molecule has 0 saturated carbocycles. The van der Waals surface area contributed by atoms with Gasteiger partial charge in [0.05, 0.1) is 28.4 Å². The van der Waals surface area contributed by atoms with Gasteiger partial charge in [0.25, 0.3) is 5.91 Å². The van der Waals surface area contributed by atoms with Crippen LogP contribution in [0.2, 0.25) is 0 Å². The molecule has 0 aliphatic carbocycles. The van der Waals surface area contributed by atoms with Crippen molar-refractivity contribution < 1.29 is 13.2 Å². The number of hydrogen-bond acceptors (Lipinski definition) is 5. The summed E-state index contributed by atoms with van der Waals surface area (Å²) in [5.74, 6) is 1.09. The number of nitriles is 1. The molecule has 31 heavy (non-hydrogen) atoms. The molecule has 2 N–H and O–H groups in total. The molecule has 2 aromatic rings. The molecule has 2 aliphatic heterocycles. The molecule has 0 bridgehead atoms. The number of carbonyl (C=O) groups excluding carboxylic acids is 1. The normalized spacial score (nSPS) is 19.7. The van der Waals surface area contributed by atoms with Crippen molar-refractivity contribution >= 4 is 27.1 Å². The van der Waals surface area contributed by atoms with Crippen LogP contribution in [0.25, 0.3) is 0 Å². The van der Waals surface area contributed by atoms with Crippen LogP contribution >= 0.6 is 0 Å². The van der Waals surface area contributed by atoms with Gasteiger partial charge in [-0.25, -0.2) is 8.42 Å². The molecule has 1 aromatic carbocycles. The average molecular weight is 441 g/mol. The third-order valence-corrected chi connectivity index (χ3v) is 8.19. The van der Waals surface area contributed by atoms with Gasteiger partial charge in [-0.2, -0.15) is 5.26 Å². The van der Waals surface area contributed by atoms with Crippen molar-refractivity contribution in [2.75, 3.05) is 34.8 Å². The SMILES string of the molecule is CC1CCN(c2cc(C3CCS(=O)(=O)CC3)ccc2NC(=O)c2cc(C#N)c[nH]2)CC1. The third-order valence-electron chi connectivity index (χ3n) is 6.48. The van der Waals surface area contributed by atoms with E-state index in [1.807, 2.05) is 18.2 Å². The van der Waals surface area contributed by atoms with Crippen molar-refractivity contribution in [2.24, 2.45) is 5.92 Å². The molecule has 3 heterocycles. The zero-order chi connectivity index (χ0) is 22.0. The minimum absolute atomic E-state index is 0.220. The van der Waals surface area contributed by atoms with Crippen LogP contribution in [0.15, 0.2) is 30.5 Å². The Hall–Kier alpha value is -2.79. The summed E-state index contributed by atoms with van der Waals surface area (Å²) in [5, 5.41) is 12.0. The Labute approximate surface area is 183 Å². The molecule has 7 nitrogen and oxygen atoms in total. The highest BCUT2D eigenvalue weighted by Crippen LogP contribution is 2.36. The Morgan fingerprint density at radius 1 is 1.16 bits per heavy atom. The van der Waals surface area contributed by atoms with E-state index in [2.05, 4.69) is 28.2 Å². The zero-order valence-electron chi connectivity index (χ0n) is 17.7. The van der Waals surface area contributed by atoms with Gasteiger partial charge in [-0.15, -0.1) is 0 Å². The van der Waals surface area contributed by atoms with Gasteiger partial charge in [-0.1, -0.05) is 13.0 Å². The Bertz CT molecular complexity index is 1090. The van der Waals surface area contributed by atoms with Gasteiger partial charge in [0.2, 0.25) is 0 Å². The lowest BCUT2D eigenvalue weighted by molar-refractivity contribution is 0.102. The Morgan fingerprint density at radius 3 is 2.52 bits per heavy atom. The predicted molar refractivity (Wildman–Crippen MR) is 121 cm³/mol. The number of carbonyl (C=O) groups is 1. The average Bonchev–Trinajstić information content (AvgIpc) is 3.24. The number of nitrogens with one attached hydrogen (secondary N) is 2. The fourth-order valence-electron chi connectivity index (χ4n) is 4.42. The lowest BCUT2D eigenvalue weighted by Crippen LogP contribution is -2.33. The number of benzene rings is 1. The van der Waals surface area contributed by atoms with Crippen molar-refractivity contribution in [1.29, 1.82) is 5.26 Å². The standard InChI is InChI=1S/C23H28N4O3S/c1-16-4-8-27(9-5-16)22-13-19(18-6-10-31(29,30)11-7-18)2-3-20(22)26-23(28)21-12-17(14-24)15-25-21/h2-3,12-13,15-16,18,25H,4-11H2,1H3,(H,26,28). The highest BCUT2D eigenvalue weighted by Gasteiger charge is 2.27. The molecular weight excluding hydrogens is 412 g/mol. The van der Waals surface area contributed by atoms with E-state index in [0.717, 1.165) is 42.9 Å². The maximum atomic E-state index is 12.8. The second kappa shape index (κ2) is 8.75. The van der Waals surface area contributed by atoms with Gasteiger partial charge in [-0.05, 0) is 61.3 Å². The molecule has 2 saturated heterocycles. The van der Waals surface area contributed by atoms with Crippen molar-refractivity contribution in [3.8, 4) is 6.07 Å². The van der Waals surface area contributed by atoms with Gasteiger partial charge in [-0.3, -0.25) is 4.79 Å². The van der Waals surface area contributed by atoms with E-state index in [0.29, 0.717) is 30.0 Å². The fourth-order valence-corrected chi connectivity index (χ4v) is 5.91. The molecule has 1 amide bonds. The third kappa shape index (κ3) is 4.93. The van der Waals surface area contributed by atoms with Gasteiger partial charge < -0.3 is 15.2 Å². The van der Waals surface area contributed by atoms with Crippen LogP contribution in [0.5, 0.6) is 0 Å². The maximum Gasteiger partial charge on any atom is 0.272 e. The Morgan fingerprint density at radius 2 is 1.87 bits per heavy atom. The molecule has 0 spiro atoms. The lowest BCUT2D eigenvalue weighted by Gasteiger charge is -2.34. The highest BCUT2D eigenvalue weighted by atomic mass is 32.2. The number of sulfone groups is 1. The van der Waals surface area contributed by atoms with Crippen molar-refractivity contribution in [3.63, 3.8) is 0 Å². The van der Waals surface area contributed by atoms with Crippen LogP contribution in [-0.4, -0.2) is 43.9 Å². The van der Waals surface area contributed by atoms with E-state index in [1.165, 1.54) is 12.3 Å². The second-order valence-electron chi connectivity index (χ2n) is 8.74. The Balaban J connectivity index is 1.60. The van der Waals surface area contributed by atoms with Gasteiger partial charge in [0.15, 0.2) is 0 Å². The van der Waals surface area contributed by atoms with Crippen LogP contribution in [-0.2, 0) is 9.84 Å². The van der Waals surface area contributed by atoms with E-state index in [-0.39, 0.29) is 23.3 Å². The molecule has 2 aliphatic rings. The van der Waals surface area contributed by atoms with E-state index in [9.17, 15) is 13.2 Å². The summed E-state index contributed by atoms with van der Waals surface area (Å²) in [6.45, 7) is 4.11. The number of aromatic amines is 1. The number of piperidine rings is 1. The first kappa shape index (κ1) is 21.4. The smallest absolute Gasteiger partial charge is 0.272 e. The molecule has 0 radical (unpaired) electrons. The number of H-pyrrole nitrogens is 1. The van der Waals surface area contributed by atoms with Crippen LogP contribution in [0.4, 0.5) is 11.4 Å². The van der Waals surface area contributed by atoms with E-state index in [1.54, 1.807) is 0 Å². The van der Waals surface area contributed by atoms with Crippen molar-refractivity contribution in [2.45, 2.75) is 38.5 Å². The lowest BCUT2D eigenvalue weighted by atomic mass is 9.92. The maximum absolute atomic E-state index is 12.8. The van der Waals surface area contributed by atoms with Crippen molar-refractivity contribution in [1.82, 2.24) is 4.98 Å². The number of aromatic nitrogens is 1. The summed E-state index contributed by atoms with van der Waals surface area (Å²) in [4.78, 5) is 17.9. The van der Waals surface area contributed by atoms with E-state index < -0.39 is 9.84 Å². The summed E-state index contributed by atoms with van der Waals surface area (Å²) in [7, 11) is -2.91. The van der Waals surface area contributed by atoms with Crippen LogP contribution in [0.3, 0.4) is 0 Å². The minimum atomic E-state index is -2.91. The van der Waals surface area contributed by atoms with Crippen LogP contribution in [0.1, 0.15) is 60.1 Å². The largest absolute Gasteiger partial charge is 0.370 e. The van der Waals surface area contributed by atoms with Gasteiger partial charge >= 0.3 is 0 Å². The summed E-state index contributed by atoms with van der Waals surface area (Å²) in [6, 6.07) is 9.62. The number of nitrogens with zero attached hydrogens (tertiary/aromatic N) is 2. The topological polar surface area (TPSA) is 106 Å². The molecule has 1 aromatic heterocycles. The summed E-state index contributed by atoms with van der Waals surface area (Å²) < 4.78 is 23.7. The highest BCUT2D eigenvalue weighted by molar-refractivity contribution is 7.91. The van der Waals surface area contributed by atoms with Crippen molar-refractivity contribution in [3.05, 3.63) is 47.3 Å². The molecule has 2 fully saturated rings.